The predicted molar refractivity (Wildman–Crippen MR) is 88.2 cm³/mol. The van der Waals surface area contributed by atoms with Gasteiger partial charge in [0.25, 0.3) is 5.91 Å². The van der Waals surface area contributed by atoms with Crippen LogP contribution in [0.2, 0.25) is 0 Å². The number of carbonyl (C=O) groups is 2. The summed E-state index contributed by atoms with van der Waals surface area (Å²) in [5.74, 6) is -2.18. The maximum absolute atomic E-state index is 12.5. The molecule has 2 fully saturated rings. The fourth-order valence-corrected chi connectivity index (χ4v) is 3.34. The fourth-order valence-electron chi connectivity index (χ4n) is 3.34. The highest BCUT2D eigenvalue weighted by Crippen LogP contribution is 2.39. The molecule has 0 aliphatic carbocycles. The zero-order chi connectivity index (χ0) is 20.2. The van der Waals surface area contributed by atoms with Crippen molar-refractivity contribution in [2.45, 2.75) is 24.6 Å². The van der Waals surface area contributed by atoms with E-state index in [1.807, 2.05) is 18.1 Å². The van der Waals surface area contributed by atoms with Gasteiger partial charge in [0.1, 0.15) is 0 Å². The van der Waals surface area contributed by atoms with Crippen LogP contribution in [-0.4, -0.2) is 87.9 Å². The van der Waals surface area contributed by atoms with Gasteiger partial charge in [0.15, 0.2) is 5.82 Å². The molecular weight excluding hydrogens is 369 g/mol. The number of rotatable bonds is 4. The second kappa shape index (κ2) is 8.26. The lowest BCUT2D eigenvalue weighted by atomic mass is 9.84. The van der Waals surface area contributed by atoms with Gasteiger partial charge in [-0.1, -0.05) is 0 Å². The molecule has 1 unspecified atom stereocenters. The van der Waals surface area contributed by atoms with Crippen LogP contribution in [0.1, 0.15) is 23.5 Å². The molecular formula is C16H23F3N4O4. The first-order chi connectivity index (χ1) is 12.6. The molecule has 2 aliphatic rings. The number of imidazole rings is 1. The number of likely N-dealkylation sites (tertiary alicyclic amines) is 2. The van der Waals surface area contributed by atoms with Crippen molar-refractivity contribution >= 4 is 11.9 Å². The number of ether oxygens (including phenoxy) is 1. The van der Waals surface area contributed by atoms with Gasteiger partial charge < -0.3 is 19.3 Å². The number of nitrogens with zero attached hydrogens (tertiary/aromatic N) is 4. The predicted octanol–water partition coefficient (Wildman–Crippen LogP) is 0.990. The molecule has 8 nitrogen and oxygen atoms in total. The van der Waals surface area contributed by atoms with Gasteiger partial charge >= 0.3 is 12.1 Å². The molecule has 3 heterocycles. The maximum atomic E-state index is 12.5. The summed E-state index contributed by atoms with van der Waals surface area (Å²) in [4.78, 5) is 29.9. The van der Waals surface area contributed by atoms with E-state index in [-0.39, 0.29) is 11.4 Å². The van der Waals surface area contributed by atoms with Crippen LogP contribution in [0.25, 0.3) is 0 Å². The molecule has 152 valence electrons. The molecule has 2 saturated heterocycles. The number of carboxylic acids is 1. The molecule has 0 radical (unpaired) electrons. The van der Waals surface area contributed by atoms with Crippen molar-refractivity contribution in [1.82, 2.24) is 19.4 Å². The first kappa shape index (κ1) is 21.2. The Morgan fingerprint density at radius 2 is 1.96 bits per heavy atom. The largest absolute Gasteiger partial charge is 0.490 e. The van der Waals surface area contributed by atoms with E-state index in [0.717, 1.165) is 39.2 Å². The molecule has 3 rings (SSSR count). The quantitative estimate of drug-likeness (QED) is 0.822. The third kappa shape index (κ3) is 4.78. The van der Waals surface area contributed by atoms with Gasteiger partial charge in [-0.2, -0.15) is 13.2 Å². The number of aliphatic carboxylic acids is 1. The van der Waals surface area contributed by atoms with Crippen LogP contribution < -0.4 is 0 Å². The molecule has 1 amide bonds. The molecule has 0 bridgehead atoms. The molecule has 0 saturated carbocycles. The molecule has 1 N–H and O–H groups in total. The van der Waals surface area contributed by atoms with Crippen molar-refractivity contribution in [3.63, 3.8) is 0 Å². The Kier molecular flexibility index (Phi) is 6.47. The molecule has 11 heteroatoms. The average molecular weight is 392 g/mol. The number of aromatic nitrogens is 2. The minimum absolute atomic E-state index is 0.0490. The fraction of sp³-hybridized carbons (Fsp3) is 0.688. The van der Waals surface area contributed by atoms with Crippen LogP contribution in [0.15, 0.2) is 12.4 Å². The van der Waals surface area contributed by atoms with Gasteiger partial charge in [-0.25, -0.2) is 9.78 Å². The minimum atomic E-state index is -5.08. The van der Waals surface area contributed by atoms with Crippen LogP contribution in [0.3, 0.4) is 0 Å². The molecule has 1 aromatic rings. The summed E-state index contributed by atoms with van der Waals surface area (Å²) >= 11 is 0. The monoisotopic (exact) mass is 392 g/mol. The van der Waals surface area contributed by atoms with E-state index >= 15 is 0 Å². The Balaban J connectivity index is 0.000000321. The van der Waals surface area contributed by atoms with E-state index in [4.69, 9.17) is 14.6 Å². The number of halogens is 3. The van der Waals surface area contributed by atoms with Gasteiger partial charge in [0.05, 0.1) is 6.61 Å². The second-order valence-corrected chi connectivity index (χ2v) is 6.60. The van der Waals surface area contributed by atoms with Crippen molar-refractivity contribution in [1.29, 1.82) is 0 Å². The molecule has 27 heavy (non-hydrogen) atoms. The highest BCUT2D eigenvalue weighted by Gasteiger charge is 2.50. The molecule has 0 aromatic carbocycles. The van der Waals surface area contributed by atoms with Gasteiger partial charge in [-0.15, -0.1) is 0 Å². The molecule has 1 spiro atoms. The summed E-state index contributed by atoms with van der Waals surface area (Å²) in [6.07, 6.45) is 0.647. The topological polar surface area (TPSA) is 87.9 Å². The number of alkyl halides is 3. The number of hydrogen-bond donors (Lipinski definition) is 1. The first-order valence-electron chi connectivity index (χ1n) is 8.41. The lowest BCUT2D eigenvalue weighted by molar-refractivity contribution is -0.192. The lowest BCUT2D eigenvalue weighted by Crippen LogP contribution is -2.62. The van der Waals surface area contributed by atoms with E-state index in [1.54, 1.807) is 17.9 Å². The molecule has 1 aromatic heterocycles. The summed E-state index contributed by atoms with van der Waals surface area (Å²) in [5, 5.41) is 7.12. The van der Waals surface area contributed by atoms with E-state index in [9.17, 15) is 18.0 Å². The Bertz CT molecular complexity index is 679. The van der Waals surface area contributed by atoms with Gasteiger partial charge in [-0.05, 0) is 12.8 Å². The van der Waals surface area contributed by atoms with Crippen molar-refractivity contribution in [2.24, 2.45) is 7.05 Å². The Morgan fingerprint density at radius 3 is 2.41 bits per heavy atom. The Hall–Kier alpha value is -2.14. The number of amides is 1. The van der Waals surface area contributed by atoms with Crippen molar-refractivity contribution in [3.8, 4) is 0 Å². The summed E-state index contributed by atoms with van der Waals surface area (Å²) < 4.78 is 38.7. The SMILES string of the molecule is COCCN1CCC12CCN(C(=O)c1nccn1C)C2.O=C(O)C(F)(F)F. The summed E-state index contributed by atoms with van der Waals surface area (Å²) in [6.45, 7) is 4.49. The third-order valence-corrected chi connectivity index (χ3v) is 4.96. The average Bonchev–Trinajstić information content (AvgIpc) is 3.21. The first-order valence-corrected chi connectivity index (χ1v) is 8.41. The number of carboxylic acid groups (broad SMARTS) is 1. The van der Waals surface area contributed by atoms with Gasteiger partial charge in [-0.3, -0.25) is 9.69 Å². The number of methoxy groups -OCH3 is 1. The zero-order valence-corrected chi connectivity index (χ0v) is 15.2. The van der Waals surface area contributed by atoms with E-state index in [2.05, 4.69) is 9.88 Å². The summed E-state index contributed by atoms with van der Waals surface area (Å²) in [6, 6.07) is 0. The Labute approximate surface area is 154 Å². The van der Waals surface area contributed by atoms with E-state index < -0.39 is 12.1 Å². The van der Waals surface area contributed by atoms with Crippen LogP contribution in [0.4, 0.5) is 13.2 Å². The van der Waals surface area contributed by atoms with Crippen molar-refractivity contribution in [2.75, 3.05) is 39.9 Å². The van der Waals surface area contributed by atoms with Crippen LogP contribution in [0, 0.1) is 0 Å². The smallest absolute Gasteiger partial charge is 0.475 e. The zero-order valence-electron chi connectivity index (χ0n) is 15.2. The lowest BCUT2D eigenvalue weighted by Gasteiger charge is -2.50. The summed E-state index contributed by atoms with van der Waals surface area (Å²) in [7, 11) is 3.60. The second-order valence-electron chi connectivity index (χ2n) is 6.60. The van der Waals surface area contributed by atoms with Gasteiger partial charge in [0.2, 0.25) is 0 Å². The third-order valence-electron chi connectivity index (χ3n) is 4.96. The number of carbonyl (C=O) groups excluding carboxylic acids is 1. The minimum Gasteiger partial charge on any atom is -0.475 e. The van der Waals surface area contributed by atoms with Crippen LogP contribution in [0.5, 0.6) is 0 Å². The number of aryl methyl sites for hydroxylation is 1. The van der Waals surface area contributed by atoms with E-state index in [0.29, 0.717) is 5.82 Å². The highest BCUT2D eigenvalue weighted by atomic mass is 19.4. The van der Waals surface area contributed by atoms with E-state index in [1.165, 1.54) is 6.42 Å². The van der Waals surface area contributed by atoms with Gasteiger partial charge in [0, 0.05) is 58.3 Å². The molecule has 1 atom stereocenters. The summed E-state index contributed by atoms with van der Waals surface area (Å²) in [5.41, 5.74) is 0.194. The standard InChI is InChI=1S/C14H22N4O2.C2HF3O2/c1-16-8-5-15-12(16)13(19)17-6-3-14(11-17)4-7-18(14)9-10-20-2;3-2(4,5)1(6)7/h5,8H,3-4,6-7,9-11H2,1-2H3;(H,6,7). The van der Waals surface area contributed by atoms with Crippen molar-refractivity contribution in [3.05, 3.63) is 18.2 Å². The van der Waals surface area contributed by atoms with Crippen LogP contribution >= 0.6 is 0 Å². The molecule has 2 aliphatic heterocycles. The Morgan fingerprint density at radius 1 is 1.33 bits per heavy atom. The maximum Gasteiger partial charge on any atom is 0.490 e. The van der Waals surface area contributed by atoms with Crippen LogP contribution in [-0.2, 0) is 16.6 Å². The normalized spacial score (nSPS) is 22.3. The van der Waals surface area contributed by atoms with Crippen molar-refractivity contribution < 1.29 is 32.6 Å². The highest BCUT2D eigenvalue weighted by molar-refractivity contribution is 5.91. The number of hydrogen-bond acceptors (Lipinski definition) is 5.